The maximum atomic E-state index is 11.8. The second kappa shape index (κ2) is 7.31. The van der Waals surface area contributed by atoms with Crippen molar-refractivity contribution in [1.82, 2.24) is 0 Å². The molecule has 5 nitrogen and oxygen atoms in total. The summed E-state index contributed by atoms with van der Waals surface area (Å²) < 4.78 is 5.51. The summed E-state index contributed by atoms with van der Waals surface area (Å²) >= 11 is 0. The van der Waals surface area contributed by atoms with Crippen LogP contribution in [0.1, 0.15) is 12.0 Å². The number of carbonyl (C=O) groups is 1. The molecule has 0 aliphatic rings. The second-order valence-corrected chi connectivity index (χ2v) is 4.54. The molecule has 110 valence electrons. The average molecular weight is 286 g/mol. The topological polar surface area (TPSA) is 84.6 Å². The van der Waals surface area contributed by atoms with Gasteiger partial charge in [0.1, 0.15) is 5.75 Å². The minimum Gasteiger partial charge on any atom is -0.493 e. The van der Waals surface area contributed by atoms with Gasteiger partial charge in [0, 0.05) is 16.9 Å². The Bertz CT molecular complexity index is 614. The van der Waals surface area contributed by atoms with E-state index in [1.807, 2.05) is 12.1 Å². The molecule has 0 aliphatic carbocycles. The Labute approximate surface area is 123 Å². The van der Waals surface area contributed by atoms with Gasteiger partial charge in [-0.1, -0.05) is 24.3 Å². The Hall–Kier alpha value is -2.53. The highest BCUT2D eigenvalue weighted by Crippen LogP contribution is 2.18. The highest BCUT2D eigenvalue weighted by molar-refractivity contribution is 5.91. The highest BCUT2D eigenvalue weighted by Gasteiger charge is 2.05. The number of anilines is 2. The number of ether oxygens (including phenoxy) is 1. The van der Waals surface area contributed by atoms with Gasteiger partial charge in [-0.3, -0.25) is 4.79 Å². The molecule has 0 aromatic heterocycles. The molecule has 0 bridgehead atoms. The van der Waals surface area contributed by atoms with E-state index in [1.165, 1.54) is 0 Å². The zero-order chi connectivity index (χ0) is 15.1. The number of hydrogen-bond acceptors (Lipinski definition) is 4. The summed E-state index contributed by atoms with van der Waals surface area (Å²) in [5.74, 6) is 0.443. The molecule has 0 saturated heterocycles. The van der Waals surface area contributed by atoms with Gasteiger partial charge in [0.15, 0.2) is 0 Å². The van der Waals surface area contributed by atoms with Crippen LogP contribution in [0.4, 0.5) is 11.4 Å². The van der Waals surface area contributed by atoms with Crippen molar-refractivity contribution in [2.45, 2.75) is 13.0 Å². The van der Waals surface area contributed by atoms with Crippen molar-refractivity contribution in [2.24, 2.45) is 0 Å². The van der Waals surface area contributed by atoms with Gasteiger partial charge in [0.2, 0.25) is 5.91 Å². The molecule has 21 heavy (non-hydrogen) atoms. The Morgan fingerprint density at radius 2 is 2.00 bits per heavy atom. The summed E-state index contributed by atoms with van der Waals surface area (Å²) in [6.45, 7) is 0.150. The minimum absolute atomic E-state index is 0.0916. The van der Waals surface area contributed by atoms with Crippen molar-refractivity contribution in [3.8, 4) is 5.75 Å². The van der Waals surface area contributed by atoms with Crippen molar-refractivity contribution >= 4 is 17.3 Å². The van der Waals surface area contributed by atoms with E-state index in [9.17, 15) is 9.90 Å². The normalized spacial score (nSPS) is 10.1. The first-order valence-electron chi connectivity index (χ1n) is 6.66. The molecule has 2 rings (SSSR count). The standard InChI is InChI=1S/C16H18N2O3/c17-13-5-3-6-14(10-13)18-16(20)8-9-21-15-7-2-1-4-12(15)11-19/h1-7,10,19H,8-9,11,17H2,(H,18,20). The molecular formula is C16H18N2O3. The van der Waals surface area contributed by atoms with Crippen LogP contribution >= 0.6 is 0 Å². The molecule has 2 aromatic rings. The summed E-state index contributed by atoms with van der Waals surface area (Å²) in [7, 11) is 0. The first kappa shape index (κ1) is 14.9. The smallest absolute Gasteiger partial charge is 0.227 e. The summed E-state index contributed by atoms with van der Waals surface area (Å²) in [5.41, 5.74) is 7.61. The zero-order valence-corrected chi connectivity index (χ0v) is 11.6. The summed E-state index contributed by atoms with van der Waals surface area (Å²) in [4.78, 5) is 11.8. The van der Waals surface area contributed by atoms with Crippen molar-refractivity contribution in [3.63, 3.8) is 0 Å². The van der Waals surface area contributed by atoms with Crippen LogP contribution in [0.15, 0.2) is 48.5 Å². The number of rotatable bonds is 6. The van der Waals surface area contributed by atoms with Crippen molar-refractivity contribution in [3.05, 3.63) is 54.1 Å². The van der Waals surface area contributed by atoms with E-state index in [2.05, 4.69) is 5.32 Å². The van der Waals surface area contributed by atoms with Gasteiger partial charge in [-0.15, -0.1) is 0 Å². The Balaban J connectivity index is 1.82. The zero-order valence-electron chi connectivity index (χ0n) is 11.6. The van der Waals surface area contributed by atoms with Gasteiger partial charge in [-0.05, 0) is 24.3 Å². The molecule has 0 heterocycles. The number of aliphatic hydroxyl groups is 1. The minimum atomic E-state index is -0.151. The van der Waals surface area contributed by atoms with E-state index in [0.717, 1.165) is 0 Å². The largest absolute Gasteiger partial charge is 0.493 e. The number of benzene rings is 2. The summed E-state index contributed by atoms with van der Waals surface area (Å²) in [5, 5.41) is 11.9. The molecule has 0 unspecified atom stereocenters. The summed E-state index contributed by atoms with van der Waals surface area (Å²) in [6.07, 6.45) is 0.217. The number of nitrogens with one attached hydrogen (secondary N) is 1. The van der Waals surface area contributed by atoms with E-state index < -0.39 is 0 Å². The van der Waals surface area contributed by atoms with E-state index in [4.69, 9.17) is 10.5 Å². The summed E-state index contributed by atoms with van der Waals surface area (Å²) in [6, 6.07) is 14.2. The molecule has 0 spiro atoms. The lowest BCUT2D eigenvalue weighted by Gasteiger charge is -2.10. The number of para-hydroxylation sites is 1. The van der Waals surface area contributed by atoms with E-state index in [1.54, 1.807) is 36.4 Å². The molecule has 1 amide bonds. The van der Waals surface area contributed by atoms with Crippen LogP contribution in [0.2, 0.25) is 0 Å². The third-order valence-electron chi connectivity index (χ3n) is 2.90. The van der Waals surface area contributed by atoms with Crippen LogP contribution in [0.5, 0.6) is 5.75 Å². The van der Waals surface area contributed by atoms with Gasteiger partial charge in [0.25, 0.3) is 0 Å². The maximum Gasteiger partial charge on any atom is 0.227 e. The van der Waals surface area contributed by atoms with Crippen LogP contribution in [0, 0.1) is 0 Å². The van der Waals surface area contributed by atoms with Gasteiger partial charge >= 0.3 is 0 Å². The quantitative estimate of drug-likeness (QED) is 0.710. The second-order valence-electron chi connectivity index (χ2n) is 4.54. The first-order chi connectivity index (χ1) is 10.2. The third kappa shape index (κ3) is 4.50. The number of amides is 1. The predicted octanol–water partition coefficient (Wildman–Crippen LogP) is 2.17. The fraction of sp³-hybridized carbons (Fsp3) is 0.188. The van der Waals surface area contributed by atoms with Crippen LogP contribution < -0.4 is 15.8 Å². The van der Waals surface area contributed by atoms with Crippen molar-refractivity contribution in [1.29, 1.82) is 0 Å². The number of hydrogen-bond donors (Lipinski definition) is 3. The maximum absolute atomic E-state index is 11.8. The Kier molecular flexibility index (Phi) is 5.17. The van der Waals surface area contributed by atoms with Crippen molar-refractivity contribution < 1.29 is 14.6 Å². The fourth-order valence-electron chi connectivity index (χ4n) is 1.87. The third-order valence-corrected chi connectivity index (χ3v) is 2.90. The molecule has 4 N–H and O–H groups in total. The van der Waals surface area contributed by atoms with E-state index in [0.29, 0.717) is 22.7 Å². The Morgan fingerprint density at radius 1 is 1.19 bits per heavy atom. The monoisotopic (exact) mass is 286 g/mol. The molecular weight excluding hydrogens is 268 g/mol. The lowest BCUT2D eigenvalue weighted by Crippen LogP contribution is -2.15. The first-order valence-corrected chi connectivity index (χ1v) is 6.66. The molecule has 0 saturated carbocycles. The van der Waals surface area contributed by atoms with Gasteiger partial charge in [-0.2, -0.15) is 0 Å². The lowest BCUT2D eigenvalue weighted by atomic mass is 10.2. The van der Waals surface area contributed by atoms with E-state index >= 15 is 0 Å². The van der Waals surface area contributed by atoms with Crippen molar-refractivity contribution in [2.75, 3.05) is 17.7 Å². The van der Waals surface area contributed by atoms with Crippen LogP contribution in [-0.2, 0) is 11.4 Å². The number of carbonyl (C=O) groups excluding carboxylic acids is 1. The van der Waals surface area contributed by atoms with Crippen LogP contribution in [0.25, 0.3) is 0 Å². The van der Waals surface area contributed by atoms with Gasteiger partial charge in [-0.25, -0.2) is 0 Å². The Morgan fingerprint density at radius 3 is 2.76 bits per heavy atom. The molecule has 2 aromatic carbocycles. The molecule has 0 radical (unpaired) electrons. The molecule has 5 heteroatoms. The van der Waals surface area contributed by atoms with E-state index in [-0.39, 0.29) is 25.5 Å². The highest BCUT2D eigenvalue weighted by atomic mass is 16.5. The number of aliphatic hydroxyl groups excluding tert-OH is 1. The predicted molar refractivity (Wildman–Crippen MR) is 82.0 cm³/mol. The van der Waals surface area contributed by atoms with Crippen LogP contribution in [0.3, 0.4) is 0 Å². The lowest BCUT2D eigenvalue weighted by molar-refractivity contribution is -0.116. The molecule has 0 atom stereocenters. The molecule has 0 fully saturated rings. The number of nitrogen functional groups attached to an aromatic ring is 1. The van der Waals surface area contributed by atoms with Crippen LogP contribution in [-0.4, -0.2) is 17.6 Å². The molecule has 0 aliphatic heterocycles. The SMILES string of the molecule is Nc1cccc(NC(=O)CCOc2ccccc2CO)c1. The number of nitrogens with two attached hydrogens (primary N) is 1. The van der Waals surface area contributed by atoms with Gasteiger partial charge < -0.3 is 20.9 Å². The van der Waals surface area contributed by atoms with Gasteiger partial charge in [0.05, 0.1) is 19.6 Å². The fourth-order valence-corrected chi connectivity index (χ4v) is 1.87. The average Bonchev–Trinajstić information content (AvgIpc) is 2.47.